The highest BCUT2D eigenvalue weighted by Gasteiger charge is 2.09. The van der Waals surface area contributed by atoms with Crippen molar-refractivity contribution in [3.8, 4) is 0 Å². The van der Waals surface area contributed by atoms with Crippen LogP contribution in [0.2, 0.25) is 0 Å². The van der Waals surface area contributed by atoms with Crippen LogP contribution in [-0.4, -0.2) is 9.97 Å². The topological polar surface area (TPSA) is 49.8 Å². The van der Waals surface area contributed by atoms with Gasteiger partial charge in [0.05, 0.1) is 11.0 Å². The van der Waals surface area contributed by atoms with E-state index < -0.39 is 0 Å². The van der Waals surface area contributed by atoms with Crippen LogP contribution in [0.15, 0.2) is 78.9 Å². The highest BCUT2D eigenvalue weighted by molar-refractivity contribution is 5.83. The van der Waals surface area contributed by atoms with Crippen molar-refractivity contribution in [3.63, 3.8) is 0 Å². The van der Waals surface area contributed by atoms with E-state index in [1.54, 1.807) is 0 Å². The Morgan fingerprint density at radius 1 is 0.560 bits per heavy atom. The number of hydrogen-bond acceptors (Lipinski definition) is 4. The quantitative estimate of drug-likeness (QED) is 0.525. The maximum Gasteiger partial charge on any atom is 0.174 e. The summed E-state index contributed by atoms with van der Waals surface area (Å²) in [7, 11) is 0. The number of rotatable bonds is 4. The van der Waals surface area contributed by atoms with Crippen molar-refractivity contribution in [2.45, 2.75) is 6.92 Å². The SMILES string of the molecule is Cc1ccc(Nc2nc3ccccc3nc2Nc2ccccc2)cc1. The molecule has 0 fully saturated rings. The van der Waals surface area contributed by atoms with E-state index in [0.717, 1.165) is 22.4 Å². The van der Waals surface area contributed by atoms with Crippen LogP contribution in [0.1, 0.15) is 5.56 Å². The van der Waals surface area contributed by atoms with Gasteiger partial charge in [-0.2, -0.15) is 0 Å². The second-order valence-corrected chi connectivity index (χ2v) is 5.89. The first-order chi connectivity index (χ1) is 12.3. The summed E-state index contributed by atoms with van der Waals surface area (Å²) in [4.78, 5) is 9.50. The van der Waals surface area contributed by atoms with Crippen molar-refractivity contribution in [3.05, 3.63) is 84.4 Å². The largest absolute Gasteiger partial charge is 0.337 e. The standard InChI is InChI=1S/C21H18N4/c1-15-11-13-17(14-12-15)23-21-20(22-16-7-3-2-4-8-16)24-18-9-5-6-10-19(18)25-21/h2-14H,1H3,(H,22,24)(H,23,25). The van der Waals surface area contributed by atoms with E-state index in [-0.39, 0.29) is 0 Å². The molecule has 0 aliphatic heterocycles. The van der Waals surface area contributed by atoms with Crippen molar-refractivity contribution >= 4 is 34.0 Å². The second kappa shape index (κ2) is 6.61. The molecule has 4 nitrogen and oxygen atoms in total. The third-order valence-corrected chi connectivity index (χ3v) is 3.92. The molecule has 4 heteroatoms. The summed E-state index contributed by atoms with van der Waals surface area (Å²) in [5.74, 6) is 1.40. The van der Waals surface area contributed by atoms with Gasteiger partial charge in [-0.1, -0.05) is 48.0 Å². The summed E-state index contributed by atoms with van der Waals surface area (Å²) in [5, 5.41) is 6.74. The van der Waals surface area contributed by atoms with Gasteiger partial charge in [0.25, 0.3) is 0 Å². The van der Waals surface area contributed by atoms with E-state index in [4.69, 9.17) is 9.97 Å². The van der Waals surface area contributed by atoms with Crippen molar-refractivity contribution in [2.24, 2.45) is 0 Å². The molecule has 1 heterocycles. The number of aromatic nitrogens is 2. The van der Waals surface area contributed by atoms with E-state index in [0.29, 0.717) is 11.6 Å². The summed E-state index contributed by atoms with van der Waals surface area (Å²) in [6.45, 7) is 2.07. The number of aryl methyl sites for hydroxylation is 1. The summed E-state index contributed by atoms with van der Waals surface area (Å²) in [5.41, 5.74) is 4.88. The molecule has 0 spiro atoms. The molecule has 0 radical (unpaired) electrons. The summed E-state index contributed by atoms with van der Waals surface area (Å²) in [6, 6.07) is 26.1. The van der Waals surface area contributed by atoms with Crippen LogP contribution in [0.5, 0.6) is 0 Å². The molecule has 2 N–H and O–H groups in total. The van der Waals surface area contributed by atoms with Gasteiger partial charge in [0.15, 0.2) is 11.6 Å². The Kier molecular flexibility index (Phi) is 4.01. The van der Waals surface area contributed by atoms with E-state index >= 15 is 0 Å². The van der Waals surface area contributed by atoms with Gasteiger partial charge in [-0.25, -0.2) is 9.97 Å². The predicted octanol–water partition coefficient (Wildman–Crippen LogP) is 5.43. The molecule has 122 valence electrons. The molecule has 0 saturated carbocycles. The lowest BCUT2D eigenvalue weighted by atomic mass is 10.2. The van der Waals surface area contributed by atoms with Gasteiger partial charge in [-0.15, -0.1) is 0 Å². The number of para-hydroxylation sites is 3. The molecule has 0 bridgehead atoms. The third kappa shape index (κ3) is 3.43. The molecule has 4 rings (SSSR count). The third-order valence-electron chi connectivity index (χ3n) is 3.92. The van der Waals surface area contributed by atoms with Crippen molar-refractivity contribution in [1.82, 2.24) is 9.97 Å². The average Bonchev–Trinajstić information content (AvgIpc) is 2.65. The first-order valence-corrected chi connectivity index (χ1v) is 8.20. The second-order valence-electron chi connectivity index (χ2n) is 5.89. The van der Waals surface area contributed by atoms with Gasteiger partial charge in [-0.05, 0) is 43.3 Å². The summed E-state index contributed by atoms with van der Waals surface area (Å²) < 4.78 is 0. The molecule has 0 amide bonds. The van der Waals surface area contributed by atoms with E-state index in [1.807, 2.05) is 66.7 Å². The van der Waals surface area contributed by atoms with Crippen LogP contribution in [0.3, 0.4) is 0 Å². The van der Waals surface area contributed by atoms with E-state index in [2.05, 4.69) is 29.7 Å². The predicted molar refractivity (Wildman–Crippen MR) is 104 cm³/mol. The van der Waals surface area contributed by atoms with Gasteiger partial charge < -0.3 is 10.6 Å². The highest BCUT2D eigenvalue weighted by Crippen LogP contribution is 2.27. The zero-order chi connectivity index (χ0) is 17.1. The number of benzene rings is 3. The van der Waals surface area contributed by atoms with Crippen LogP contribution in [0.25, 0.3) is 11.0 Å². The Morgan fingerprint density at radius 3 is 1.60 bits per heavy atom. The minimum Gasteiger partial charge on any atom is -0.337 e. The molecular weight excluding hydrogens is 308 g/mol. The number of fused-ring (bicyclic) bond motifs is 1. The molecular formula is C21H18N4. The molecule has 0 aliphatic carbocycles. The van der Waals surface area contributed by atoms with Crippen LogP contribution in [-0.2, 0) is 0 Å². The Hall–Kier alpha value is -3.40. The molecule has 0 saturated heterocycles. The number of anilines is 4. The smallest absolute Gasteiger partial charge is 0.174 e. The fourth-order valence-electron chi connectivity index (χ4n) is 2.61. The minimum absolute atomic E-state index is 0.700. The van der Waals surface area contributed by atoms with Crippen molar-refractivity contribution < 1.29 is 0 Å². The Balaban J connectivity index is 1.76. The van der Waals surface area contributed by atoms with Gasteiger partial charge >= 0.3 is 0 Å². The Bertz CT molecular complexity index is 995. The number of hydrogen-bond donors (Lipinski definition) is 2. The number of nitrogens with zero attached hydrogens (tertiary/aromatic N) is 2. The average molecular weight is 326 g/mol. The first-order valence-electron chi connectivity index (χ1n) is 8.20. The normalized spacial score (nSPS) is 10.6. The summed E-state index contributed by atoms with van der Waals surface area (Å²) in [6.07, 6.45) is 0. The minimum atomic E-state index is 0.700. The Labute approximate surface area is 146 Å². The molecule has 0 unspecified atom stereocenters. The van der Waals surface area contributed by atoms with E-state index in [9.17, 15) is 0 Å². The van der Waals surface area contributed by atoms with Crippen molar-refractivity contribution in [1.29, 1.82) is 0 Å². The van der Waals surface area contributed by atoms with Crippen LogP contribution in [0, 0.1) is 6.92 Å². The van der Waals surface area contributed by atoms with Crippen LogP contribution in [0.4, 0.5) is 23.0 Å². The van der Waals surface area contributed by atoms with Crippen LogP contribution >= 0.6 is 0 Å². The maximum absolute atomic E-state index is 4.75. The maximum atomic E-state index is 4.75. The van der Waals surface area contributed by atoms with Gasteiger partial charge in [-0.3, -0.25) is 0 Å². The fraction of sp³-hybridized carbons (Fsp3) is 0.0476. The molecule has 1 aromatic heterocycles. The molecule has 0 aliphatic rings. The van der Waals surface area contributed by atoms with Crippen LogP contribution < -0.4 is 10.6 Å². The Morgan fingerprint density at radius 2 is 1.04 bits per heavy atom. The fourth-order valence-corrected chi connectivity index (χ4v) is 2.61. The first kappa shape index (κ1) is 15.1. The van der Waals surface area contributed by atoms with Gasteiger partial charge in [0.2, 0.25) is 0 Å². The van der Waals surface area contributed by atoms with Crippen molar-refractivity contribution in [2.75, 3.05) is 10.6 Å². The van der Waals surface area contributed by atoms with E-state index in [1.165, 1.54) is 5.56 Å². The molecule has 0 atom stereocenters. The van der Waals surface area contributed by atoms with Gasteiger partial charge in [0, 0.05) is 11.4 Å². The molecule has 4 aromatic rings. The van der Waals surface area contributed by atoms with Gasteiger partial charge in [0.1, 0.15) is 0 Å². The lowest BCUT2D eigenvalue weighted by Crippen LogP contribution is -2.03. The zero-order valence-corrected chi connectivity index (χ0v) is 13.9. The molecule has 25 heavy (non-hydrogen) atoms. The monoisotopic (exact) mass is 326 g/mol. The zero-order valence-electron chi connectivity index (χ0n) is 13.9. The molecule has 3 aromatic carbocycles. The lowest BCUT2D eigenvalue weighted by molar-refractivity contribution is 1.27. The highest BCUT2D eigenvalue weighted by atomic mass is 15.1. The number of nitrogens with one attached hydrogen (secondary N) is 2. The summed E-state index contributed by atoms with van der Waals surface area (Å²) >= 11 is 0. The lowest BCUT2D eigenvalue weighted by Gasteiger charge is -2.13.